The summed E-state index contributed by atoms with van der Waals surface area (Å²) in [5, 5.41) is 10.6. The number of carbonyl (C=O) groups excluding carboxylic acids is 1. The first-order valence-corrected chi connectivity index (χ1v) is 15.0. The van der Waals surface area contributed by atoms with Gasteiger partial charge in [-0.1, -0.05) is 60.5 Å². The van der Waals surface area contributed by atoms with E-state index < -0.39 is 23.7 Å². The van der Waals surface area contributed by atoms with E-state index in [9.17, 15) is 19.1 Å². The minimum absolute atomic E-state index is 0.0438. The summed E-state index contributed by atoms with van der Waals surface area (Å²) in [6, 6.07) is 17.6. The van der Waals surface area contributed by atoms with Gasteiger partial charge in [0.2, 0.25) is 0 Å². The summed E-state index contributed by atoms with van der Waals surface area (Å²) in [4.78, 5) is 27.4. The zero-order chi connectivity index (χ0) is 30.7. The molecule has 228 valence electrons. The third-order valence-electron chi connectivity index (χ3n) is 7.83. The van der Waals surface area contributed by atoms with Gasteiger partial charge >= 0.3 is 5.97 Å². The van der Waals surface area contributed by atoms with Crippen molar-refractivity contribution in [3.63, 3.8) is 0 Å². The lowest BCUT2D eigenvalue weighted by Crippen LogP contribution is -2.55. The van der Waals surface area contributed by atoms with E-state index in [-0.39, 0.29) is 30.2 Å². The molecule has 0 bridgehead atoms. The van der Waals surface area contributed by atoms with Crippen LogP contribution in [0.4, 0.5) is 4.39 Å². The molecule has 0 radical (unpaired) electrons. The third kappa shape index (κ3) is 7.87. The predicted octanol–water partition coefficient (Wildman–Crippen LogP) is 6.50. The molecule has 3 fully saturated rings. The first-order valence-electron chi connectivity index (χ1n) is 14.3. The van der Waals surface area contributed by atoms with Crippen molar-refractivity contribution in [2.75, 3.05) is 40.1 Å². The van der Waals surface area contributed by atoms with Crippen LogP contribution >= 0.6 is 23.2 Å². The Kier molecular flexibility index (Phi) is 9.61. The molecule has 3 aromatic carbocycles. The molecule has 2 saturated heterocycles. The summed E-state index contributed by atoms with van der Waals surface area (Å²) in [6.45, 7) is 4.24. The molecule has 1 saturated carbocycles. The number of carboxylic acid groups (broad SMARTS) is 1. The smallest absolute Gasteiger partial charge is 0.328 e. The highest BCUT2D eigenvalue weighted by molar-refractivity contribution is 6.34. The van der Waals surface area contributed by atoms with Gasteiger partial charge in [0.05, 0.1) is 18.8 Å². The van der Waals surface area contributed by atoms with Gasteiger partial charge < -0.3 is 19.5 Å². The standard InChI is InChI=1S/C20H25FN2O5.C13H10Cl2/c1-20(8-22(2)9-20)10-28-17-6-15(21)14(5-13(17)12-3-4-12)18(24)23-11-27-7-16(23)19(25)26;14-12-7-11(8-13(15)9-12)6-10-4-2-1-3-5-10/h5-6,12,16H,3-4,7-11H2,1-2H3,(H,25,26);1-5,7-9H,6H2. The third-order valence-corrected chi connectivity index (χ3v) is 8.26. The van der Waals surface area contributed by atoms with Gasteiger partial charge in [-0.3, -0.25) is 9.69 Å². The summed E-state index contributed by atoms with van der Waals surface area (Å²) >= 11 is 11.9. The van der Waals surface area contributed by atoms with Crippen molar-refractivity contribution in [3.05, 3.63) is 98.8 Å². The van der Waals surface area contributed by atoms with Gasteiger partial charge in [-0.05, 0) is 73.2 Å². The Hall–Kier alpha value is -3.17. The molecule has 3 aliphatic rings. The SMILES string of the molecule is CN1CC(C)(COc2cc(F)c(C(=O)N3COCC3C(=O)O)cc2C2CC2)C1.Clc1cc(Cl)cc(Cc2ccccc2)c1. The first kappa shape index (κ1) is 31.3. The van der Waals surface area contributed by atoms with E-state index in [0.29, 0.717) is 22.4 Å². The van der Waals surface area contributed by atoms with Gasteiger partial charge in [-0.2, -0.15) is 0 Å². The van der Waals surface area contributed by atoms with Crippen LogP contribution in [-0.4, -0.2) is 72.9 Å². The second-order valence-electron chi connectivity index (χ2n) is 12.0. The largest absolute Gasteiger partial charge is 0.493 e. The van der Waals surface area contributed by atoms with Gasteiger partial charge in [0, 0.05) is 34.6 Å². The van der Waals surface area contributed by atoms with Crippen LogP contribution in [-0.2, 0) is 16.0 Å². The maximum Gasteiger partial charge on any atom is 0.328 e. The molecule has 10 heteroatoms. The van der Waals surface area contributed by atoms with Crippen LogP contribution < -0.4 is 4.74 Å². The van der Waals surface area contributed by atoms with Crippen LogP contribution in [0.2, 0.25) is 10.0 Å². The van der Waals surface area contributed by atoms with E-state index in [2.05, 4.69) is 24.0 Å². The molecular weight excluding hydrogens is 594 g/mol. The molecule has 1 amide bonds. The number of benzene rings is 3. The van der Waals surface area contributed by atoms with Crippen LogP contribution in [0, 0.1) is 11.2 Å². The number of hydrogen-bond acceptors (Lipinski definition) is 5. The number of rotatable bonds is 8. The summed E-state index contributed by atoms with van der Waals surface area (Å²) < 4.78 is 25.9. The molecule has 1 aliphatic carbocycles. The Bertz CT molecular complexity index is 1460. The van der Waals surface area contributed by atoms with Gasteiger partial charge in [0.1, 0.15) is 18.3 Å². The number of hydrogen-bond donors (Lipinski definition) is 1. The molecule has 1 N–H and O–H groups in total. The number of likely N-dealkylation sites (tertiary alicyclic amines) is 1. The van der Waals surface area contributed by atoms with E-state index in [4.69, 9.17) is 32.7 Å². The average molecular weight is 630 g/mol. The summed E-state index contributed by atoms with van der Waals surface area (Å²) in [6.07, 6.45) is 2.81. The van der Waals surface area contributed by atoms with Crippen molar-refractivity contribution in [2.24, 2.45) is 5.41 Å². The maximum absolute atomic E-state index is 14.8. The Labute approximate surface area is 261 Å². The van der Waals surface area contributed by atoms with Crippen molar-refractivity contribution in [1.29, 1.82) is 0 Å². The van der Waals surface area contributed by atoms with Crippen molar-refractivity contribution in [3.8, 4) is 5.75 Å². The number of halogens is 3. The number of carboxylic acids is 1. The van der Waals surface area contributed by atoms with Crippen molar-refractivity contribution < 1.29 is 28.6 Å². The van der Waals surface area contributed by atoms with Gasteiger partial charge in [-0.25, -0.2) is 9.18 Å². The minimum atomic E-state index is -1.16. The predicted molar refractivity (Wildman–Crippen MR) is 164 cm³/mol. The average Bonchev–Trinajstić information content (AvgIpc) is 3.65. The van der Waals surface area contributed by atoms with E-state index in [1.165, 1.54) is 17.7 Å². The summed E-state index contributed by atoms with van der Waals surface area (Å²) in [5.41, 5.74) is 3.14. The monoisotopic (exact) mass is 628 g/mol. The van der Waals surface area contributed by atoms with Gasteiger partial charge in [-0.15, -0.1) is 0 Å². The zero-order valence-corrected chi connectivity index (χ0v) is 25.7. The molecule has 0 aromatic heterocycles. The van der Waals surface area contributed by atoms with Gasteiger partial charge in [0.15, 0.2) is 6.04 Å². The van der Waals surface area contributed by atoms with Gasteiger partial charge in [0.25, 0.3) is 5.91 Å². The molecule has 2 aliphatic heterocycles. The molecule has 2 heterocycles. The van der Waals surface area contributed by atoms with Crippen molar-refractivity contribution in [2.45, 2.75) is 38.1 Å². The molecular formula is C33H35Cl2FN2O5. The first-order chi connectivity index (χ1) is 20.5. The van der Waals surface area contributed by atoms with E-state index in [1.54, 1.807) is 6.07 Å². The highest BCUT2D eigenvalue weighted by atomic mass is 35.5. The van der Waals surface area contributed by atoms with Crippen molar-refractivity contribution >= 4 is 35.1 Å². The number of carbonyl (C=O) groups is 2. The number of nitrogens with zero attached hydrogens (tertiary/aromatic N) is 2. The lowest BCUT2D eigenvalue weighted by molar-refractivity contribution is -0.141. The molecule has 6 rings (SSSR count). The molecule has 43 heavy (non-hydrogen) atoms. The highest BCUT2D eigenvalue weighted by Gasteiger charge is 2.39. The number of aliphatic carboxylic acids is 1. The van der Waals surface area contributed by atoms with Crippen LogP contribution in [0.3, 0.4) is 0 Å². The maximum atomic E-state index is 14.8. The van der Waals surface area contributed by atoms with Crippen molar-refractivity contribution in [1.82, 2.24) is 9.80 Å². The quantitative estimate of drug-likeness (QED) is 0.307. The fourth-order valence-electron chi connectivity index (χ4n) is 5.72. The van der Waals surface area contributed by atoms with E-state index in [0.717, 1.165) is 48.4 Å². The van der Waals surface area contributed by atoms with Crippen LogP contribution in [0.15, 0.2) is 60.7 Å². The van der Waals surface area contributed by atoms with E-state index >= 15 is 0 Å². The Balaban J connectivity index is 0.000000207. The molecule has 3 aromatic rings. The highest BCUT2D eigenvalue weighted by Crippen LogP contribution is 2.46. The van der Waals surface area contributed by atoms with Crippen LogP contribution in [0.5, 0.6) is 5.75 Å². The Morgan fingerprint density at radius 2 is 1.72 bits per heavy atom. The Morgan fingerprint density at radius 3 is 2.33 bits per heavy atom. The van der Waals surface area contributed by atoms with Crippen LogP contribution in [0.25, 0.3) is 0 Å². The molecule has 0 spiro atoms. The normalized spacial score (nSPS) is 19.3. The lowest BCUT2D eigenvalue weighted by atomic mass is 9.83. The summed E-state index contributed by atoms with van der Waals surface area (Å²) in [5.74, 6) is -1.78. The second kappa shape index (κ2) is 13.2. The number of amides is 1. The topological polar surface area (TPSA) is 79.3 Å². The lowest BCUT2D eigenvalue weighted by Gasteiger charge is -2.45. The van der Waals surface area contributed by atoms with E-state index in [1.807, 2.05) is 37.4 Å². The minimum Gasteiger partial charge on any atom is -0.493 e. The zero-order valence-electron chi connectivity index (χ0n) is 24.2. The molecule has 7 nitrogen and oxygen atoms in total. The molecule has 1 atom stereocenters. The fraction of sp³-hybridized carbons (Fsp3) is 0.394. The molecule has 1 unspecified atom stereocenters. The second-order valence-corrected chi connectivity index (χ2v) is 12.9. The Morgan fingerprint density at radius 1 is 1.05 bits per heavy atom. The summed E-state index contributed by atoms with van der Waals surface area (Å²) in [7, 11) is 2.05. The van der Waals surface area contributed by atoms with Crippen LogP contribution in [0.1, 0.15) is 52.7 Å². The fourth-order valence-corrected chi connectivity index (χ4v) is 6.29. The number of ether oxygens (including phenoxy) is 2.